The molecule has 2 unspecified atom stereocenters. The number of nitrogens with zero attached hydrogens (tertiary/aromatic N) is 1. The van der Waals surface area contributed by atoms with Crippen LogP contribution in [0.4, 0.5) is 5.69 Å². The number of hydrogen-bond donors (Lipinski definition) is 1. The fraction of sp³-hybridized carbons (Fsp3) is 0.667. The Balaban J connectivity index is 1.77. The van der Waals surface area contributed by atoms with Crippen molar-refractivity contribution in [1.29, 1.82) is 0 Å². The van der Waals surface area contributed by atoms with Crippen LogP contribution in [0.5, 0.6) is 0 Å². The average molecular weight is 272 g/mol. The lowest BCUT2D eigenvalue weighted by atomic mass is 9.70. The van der Waals surface area contributed by atoms with Gasteiger partial charge in [-0.3, -0.25) is 4.90 Å². The summed E-state index contributed by atoms with van der Waals surface area (Å²) in [7, 11) is 0. The molecule has 1 aromatic rings. The summed E-state index contributed by atoms with van der Waals surface area (Å²) in [5.74, 6) is 0.853. The fourth-order valence-corrected chi connectivity index (χ4v) is 4.55. The van der Waals surface area contributed by atoms with E-state index in [0.717, 1.165) is 30.6 Å². The van der Waals surface area contributed by atoms with Crippen molar-refractivity contribution in [3.63, 3.8) is 0 Å². The van der Waals surface area contributed by atoms with Crippen LogP contribution in [0.3, 0.4) is 0 Å². The van der Waals surface area contributed by atoms with Crippen molar-refractivity contribution in [2.45, 2.75) is 59.0 Å². The van der Waals surface area contributed by atoms with E-state index in [9.17, 15) is 0 Å². The zero-order chi connectivity index (χ0) is 14.3. The van der Waals surface area contributed by atoms with E-state index in [1.807, 2.05) is 6.07 Å². The van der Waals surface area contributed by atoms with Gasteiger partial charge in [-0.25, -0.2) is 0 Å². The summed E-state index contributed by atoms with van der Waals surface area (Å²) in [5.41, 5.74) is 10.4. The summed E-state index contributed by atoms with van der Waals surface area (Å²) >= 11 is 0. The van der Waals surface area contributed by atoms with Gasteiger partial charge in [-0.05, 0) is 54.2 Å². The third-order valence-electron chi connectivity index (χ3n) is 5.21. The van der Waals surface area contributed by atoms with Gasteiger partial charge >= 0.3 is 0 Å². The molecule has 2 heteroatoms. The van der Waals surface area contributed by atoms with Crippen LogP contribution in [0, 0.1) is 11.3 Å². The predicted octanol–water partition coefficient (Wildman–Crippen LogP) is 3.84. The second-order valence-corrected chi connectivity index (χ2v) is 7.77. The molecule has 110 valence electrons. The van der Waals surface area contributed by atoms with E-state index in [1.165, 1.54) is 36.9 Å². The molecular weight excluding hydrogens is 244 g/mol. The van der Waals surface area contributed by atoms with Crippen molar-refractivity contribution in [3.05, 3.63) is 29.3 Å². The van der Waals surface area contributed by atoms with E-state index in [0.29, 0.717) is 5.41 Å². The maximum atomic E-state index is 6.11. The molecule has 2 nitrogen and oxygen atoms in total. The molecule has 1 heterocycles. The van der Waals surface area contributed by atoms with Gasteiger partial charge in [-0.1, -0.05) is 32.9 Å². The van der Waals surface area contributed by atoms with E-state index in [4.69, 9.17) is 5.73 Å². The zero-order valence-electron chi connectivity index (χ0n) is 13.2. The average Bonchev–Trinajstić information content (AvgIpc) is 2.36. The number of fused-ring (bicyclic) bond motifs is 1. The van der Waals surface area contributed by atoms with Gasteiger partial charge in [-0.2, -0.15) is 0 Å². The Kier molecular flexibility index (Phi) is 3.53. The lowest BCUT2D eigenvalue weighted by Crippen LogP contribution is -2.45. The molecule has 2 aliphatic rings. The topological polar surface area (TPSA) is 29.3 Å². The predicted molar refractivity (Wildman–Crippen MR) is 85.6 cm³/mol. The number of nitrogens with two attached hydrogens (primary N) is 1. The van der Waals surface area contributed by atoms with Gasteiger partial charge in [0.1, 0.15) is 0 Å². The standard InChI is InChI=1S/C18H28N2/c1-13-9-15(11-18(2,3)10-13)20-8-7-16-14(12-20)5-4-6-17(16)19/h4-6,13,15H,7-12,19H2,1-3H3. The molecular formula is C18H28N2. The highest BCUT2D eigenvalue weighted by Crippen LogP contribution is 2.41. The van der Waals surface area contributed by atoms with E-state index in [1.54, 1.807) is 0 Å². The molecule has 0 amide bonds. The molecule has 1 aromatic carbocycles. The van der Waals surface area contributed by atoms with Crippen molar-refractivity contribution in [2.75, 3.05) is 12.3 Å². The third-order valence-corrected chi connectivity index (χ3v) is 5.21. The third kappa shape index (κ3) is 2.71. The van der Waals surface area contributed by atoms with Crippen LogP contribution in [0.25, 0.3) is 0 Å². The molecule has 1 saturated carbocycles. The first-order chi connectivity index (χ1) is 9.44. The van der Waals surface area contributed by atoms with Crippen LogP contribution in [0.1, 0.15) is 51.2 Å². The van der Waals surface area contributed by atoms with Crippen molar-refractivity contribution >= 4 is 5.69 Å². The maximum Gasteiger partial charge on any atom is 0.0350 e. The Bertz CT molecular complexity index is 492. The molecule has 20 heavy (non-hydrogen) atoms. The van der Waals surface area contributed by atoms with E-state index < -0.39 is 0 Å². The highest BCUT2D eigenvalue weighted by molar-refractivity contribution is 5.51. The van der Waals surface area contributed by atoms with Crippen molar-refractivity contribution in [1.82, 2.24) is 4.90 Å². The molecule has 1 aliphatic carbocycles. The quantitative estimate of drug-likeness (QED) is 0.787. The van der Waals surface area contributed by atoms with Gasteiger partial charge in [0.25, 0.3) is 0 Å². The smallest absolute Gasteiger partial charge is 0.0350 e. The Morgan fingerprint density at radius 1 is 1.25 bits per heavy atom. The molecule has 2 atom stereocenters. The SMILES string of the molecule is CC1CC(N2CCc3c(N)cccc3C2)CC(C)(C)C1. The van der Waals surface area contributed by atoms with E-state index in [-0.39, 0.29) is 0 Å². The molecule has 1 aliphatic heterocycles. The first-order valence-electron chi connectivity index (χ1n) is 8.05. The van der Waals surface area contributed by atoms with Gasteiger partial charge in [0, 0.05) is 24.8 Å². The molecule has 0 bridgehead atoms. The molecule has 0 radical (unpaired) electrons. The second kappa shape index (κ2) is 5.07. The monoisotopic (exact) mass is 272 g/mol. The lowest BCUT2D eigenvalue weighted by molar-refractivity contribution is 0.0587. The van der Waals surface area contributed by atoms with Crippen LogP contribution < -0.4 is 5.73 Å². The Morgan fingerprint density at radius 2 is 2.05 bits per heavy atom. The van der Waals surface area contributed by atoms with Gasteiger partial charge in [-0.15, -0.1) is 0 Å². The Morgan fingerprint density at radius 3 is 2.80 bits per heavy atom. The number of benzene rings is 1. The summed E-state index contributed by atoms with van der Waals surface area (Å²) < 4.78 is 0. The summed E-state index contributed by atoms with van der Waals surface area (Å²) in [6.45, 7) is 9.56. The molecule has 0 spiro atoms. The van der Waals surface area contributed by atoms with Crippen LogP contribution in [0.15, 0.2) is 18.2 Å². The van der Waals surface area contributed by atoms with Crippen molar-refractivity contribution < 1.29 is 0 Å². The second-order valence-electron chi connectivity index (χ2n) is 7.77. The molecule has 2 N–H and O–H groups in total. The fourth-order valence-electron chi connectivity index (χ4n) is 4.55. The summed E-state index contributed by atoms with van der Waals surface area (Å²) in [4.78, 5) is 2.71. The maximum absolute atomic E-state index is 6.11. The largest absolute Gasteiger partial charge is 0.398 e. The highest BCUT2D eigenvalue weighted by Gasteiger charge is 2.35. The summed E-state index contributed by atoms with van der Waals surface area (Å²) in [6, 6.07) is 7.16. The van der Waals surface area contributed by atoms with Crippen LogP contribution in [-0.2, 0) is 13.0 Å². The van der Waals surface area contributed by atoms with Gasteiger partial charge in [0.2, 0.25) is 0 Å². The van der Waals surface area contributed by atoms with Crippen molar-refractivity contribution in [2.24, 2.45) is 11.3 Å². The van der Waals surface area contributed by atoms with Crippen molar-refractivity contribution in [3.8, 4) is 0 Å². The van der Waals surface area contributed by atoms with Gasteiger partial charge in [0.05, 0.1) is 0 Å². The number of rotatable bonds is 1. The zero-order valence-corrected chi connectivity index (χ0v) is 13.2. The highest BCUT2D eigenvalue weighted by atomic mass is 15.2. The summed E-state index contributed by atoms with van der Waals surface area (Å²) in [5, 5.41) is 0. The Labute approximate surface area is 123 Å². The van der Waals surface area contributed by atoms with Crippen LogP contribution >= 0.6 is 0 Å². The first kappa shape index (κ1) is 13.9. The van der Waals surface area contributed by atoms with Crippen LogP contribution in [0.2, 0.25) is 0 Å². The number of nitrogen functional groups attached to an aromatic ring is 1. The molecule has 0 saturated heterocycles. The number of anilines is 1. The molecule has 1 fully saturated rings. The molecule has 3 rings (SSSR count). The minimum Gasteiger partial charge on any atom is -0.398 e. The van der Waals surface area contributed by atoms with E-state index in [2.05, 4.69) is 37.8 Å². The normalized spacial score (nSPS) is 29.9. The Hall–Kier alpha value is -1.02. The van der Waals surface area contributed by atoms with Crippen LogP contribution in [-0.4, -0.2) is 17.5 Å². The van der Waals surface area contributed by atoms with Gasteiger partial charge in [0.15, 0.2) is 0 Å². The molecule has 0 aromatic heterocycles. The summed E-state index contributed by atoms with van der Waals surface area (Å²) in [6.07, 6.45) is 5.20. The first-order valence-corrected chi connectivity index (χ1v) is 8.05. The number of hydrogen-bond acceptors (Lipinski definition) is 2. The van der Waals surface area contributed by atoms with Gasteiger partial charge < -0.3 is 5.73 Å². The minimum absolute atomic E-state index is 0.498. The minimum atomic E-state index is 0.498. The van der Waals surface area contributed by atoms with E-state index >= 15 is 0 Å². The lowest BCUT2D eigenvalue weighted by Gasteiger charge is -2.45.